The summed E-state index contributed by atoms with van der Waals surface area (Å²) in [5.74, 6) is 0.411. The van der Waals surface area contributed by atoms with Crippen molar-refractivity contribution < 1.29 is 14.0 Å². The summed E-state index contributed by atoms with van der Waals surface area (Å²) in [6.07, 6.45) is 3.04. The molecule has 2 atom stereocenters. The van der Waals surface area contributed by atoms with Gasteiger partial charge in [0.25, 0.3) is 5.91 Å². The van der Waals surface area contributed by atoms with Crippen LogP contribution in [-0.4, -0.2) is 65.3 Å². The molecular weight excluding hydrogens is 446 g/mol. The monoisotopic (exact) mass is 477 g/mol. The minimum Gasteiger partial charge on any atom is -0.459 e. The van der Waals surface area contributed by atoms with Crippen molar-refractivity contribution in [1.29, 1.82) is 0 Å². The van der Waals surface area contributed by atoms with E-state index in [9.17, 15) is 9.59 Å². The van der Waals surface area contributed by atoms with Gasteiger partial charge < -0.3 is 14.2 Å². The van der Waals surface area contributed by atoms with E-state index in [1.165, 1.54) is 27.8 Å². The topological polar surface area (TPSA) is 57.0 Å². The Hall–Kier alpha value is -2.90. The van der Waals surface area contributed by atoms with Crippen molar-refractivity contribution in [3.8, 4) is 0 Å². The van der Waals surface area contributed by atoms with Gasteiger partial charge in [-0.05, 0) is 60.5 Å². The van der Waals surface area contributed by atoms with Crippen molar-refractivity contribution in [1.82, 2.24) is 14.7 Å². The summed E-state index contributed by atoms with van der Waals surface area (Å²) in [5, 5.41) is 2.19. The van der Waals surface area contributed by atoms with E-state index in [4.69, 9.17) is 4.42 Å². The second kappa shape index (κ2) is 9.76. The fourth-order valence-electron chi connectivity index (χ4n) is 5.29. The molecule has 2 aliphatic heterocycles. The highest BCUT2D eigenvalue weighted by Gasteiger charge is 2.33. The van der Waals surface area contributed by atoms with Crippen LogP contribution in [0.4, 0.5) is 0 Å². The number of rotatable bonds is 5. The van der Waals surface area contributed by atoms with E-state index in [-0.39, 0.29) is 23.9 Å². The van der Waals surface area contributed by atoms with Crippen molar-refractivity contribution in [2.24, 2.45) is 0 Å². The van der Waals surface area contributed by atoms with Crippen molar-refractivity contribution in [3.63, 3.8) is 0 Å². The number of aryl methyl sites for hydroxylation is 1. The molecule has 5 rings (SSSR count). The minimum atomic E-state index is -0.106. The first-order valence-electron chi connectivity index (χ1n) is 12.0. The molecule has 0 spiro atoms. The number of hydrogen-bond acceptors (Lipinski definition) is 5. The van der Waals surface area contributed by atoms with Crippen LogP contribution in [0.25, 0.3) is 0 Å². The zero-order chi connectivity index (χ0) is 23.7. The van der Waals surface area contributed by atoms with Gasteiger partial charge in [-0.2, -0.15) is 0 Å². The normalized spacial score (nSPS) is 20.9. The summed E-state index contributed by atoms with van der Waals surface area (Å²) >= 11 is 1.84. The molecule has 0 unspecified atom stereocenters. The lowest BCUT2D eigenvalue weighted by Gasteiger charge is -2.40. The zero-order valence-electron chi connectivity index (χ0n) is 19.8. The third-order valence-corrected chi connectivity index (χ3v) is 8.13. The number of benzene rings is 1. The quantitative estimate of drug-likeness (QED) is 0.548. The van der Waals surface area contributed by atoms with E-state index in [0.717, 1.165) is 19.5 Å². The highest BCUT2D eigenvalue weighted by Crippen LogP contribution is 2.38. The highest BCUT2D eigenvalue weighted by atomic mass is 32.1. The maximum atomic E-state index is 13.2. The average Bonchev–Trinajstić information content (AvgIpc) is 3.54. The molecule has 0 saturated carbocycles. The Bertz CT molecular complexity index is 1160. The molecule has 6 nitrogen and oxygen atoms in total. The summed E-state index contributed by atoms with van der Waals surface area (Å²) in [4.78, 5) is 33.5. The summed E-state index contributed by atoms with van der Waals surface area (Å²) < 4.78 is 5.27. The van der Waals surface area contributed by atoms with Crippen molar-refractivity contribution in [2.75, 3.05) is 32.7 Å². The SMILES string of the molecule is Cc1ccccc1[C@@H]1c2ccsc2CCN1CCC(=O)N1CCN(C(=O)c2ccco2)[C@H](C)C1. The van der Waals surface area contributed by atoms with Crippen molar-refractivity contribution in [3.05, 3.63) is 81.4 Å². The molecule has 2 aromatic heterocycles. The van der Waals surface area contributed by atoms with E-state index < -0.39 is 0 Å². The lowest BCUT2D eigenvalue weighted by atomic mass is 9.90. The van der Waals surface area contributed by atoms with Crippen LogP contribution < -0.4 is 0 Å². The molecule has 0 radical (unpaired) electrons. The van der Waals surface area contributed by atoms with Gasteiger partial charge in [0.05, 0.1) is 12.3 Å². The Morgan fingerprint density at radius 1 is 1.06 bits per heavy atom. The number of carbonyl (C=O) groups is 2. The summed E-state index contributed by atoms with van der Waals surface area (Å²) in [7, 11) is 0. The number of furan rings is 1. The Morgan fingerprint density at radius 3 is 2.68 bits per heavy atom. The van der Waals surface area contributed by atoms with E-state index in [2.05, 4.69) is 47.5 Å². The van der Waals surface area contributed by atoms with Crippen LogP contribution in [0.2, 0.25) is 0 Å². The Balaban J connectivity index is 1.24. The maximum Gasteiger partial charge on any atom is 0.289 e. The highest BCUT2D eigenvalue weighted by molar-refractivity contribution is 7.10. The molecule has 0 bridgehead atoms. The maximum absolute atomic E-state index is 13.2. The van der Waals surface area contributed by atoms with Gasteiger partial charge in [0.1, 0.15) is 0 Å². The van der Waals surface area contributed by atoms with Crippen LogP contribution in [0.3, 0.4) is 0 Å². The van der Waals surface area contributed by atoms with Gasteiger partial charge in [-0.1, -0.05) is 24.3 Å². The van der Waals surface area contributed by atoms with Gasteiger partial charge in [0.2, 0.25) is 5.91 Å². The molecular formula is C27H31N3O3S. The Morgan fingerprint density at radius 2 is 1.91 bits per heavy atom. The lowest BCUT2D eigenvalue weighted by Crippen LogP contribution is -2.55. The first kappa shape index (κ1) is 22.9. The molecule has 178 valence electrons. The Kier molecular flexibility index (Phi) is 6.57. The number of hydrogen-bond donors (Lipinski definition) is 0. The van der Waals surface area contributed by atoms with E-state index in [1.807, 2.05) is 23.2 Å². The Labute approximate surface area is 204 Å². The zero-order valence-corrected chi connectivity index (χ0v) is 20.6. The van der Waals surface area contributed by atoms with E-state index >= 15 is 0 Å². The predicted molar refractivity (Wildman–Crippen MR) is 133 cm³/mol. The van der Waals surface area contributed by atoms with Gasteiger partial charge in [-0.3, -0.25) is 14.5 Å². The second-order valence-electron chi connectivity index (χ2n) is 9.26. The number of fused-ring (bicyclic) bond motifs is 1. The first-order valence-corrected chi connectivity index (χ1v) is 12.9. The third-order valence-electron chi connectivity index (χ3n) is 7.13. The van der Waals surface area contributed by atoms with Crippen LogP contribution in [0.15, 0.2) is 58.5 Å². The molecule has 0 aliphatic carbocycles. The van der Waals surface area contributed by atoms with Crippen LogP contribution in [0.1, 0.15) is 51.5 Å². The van der Waals surface area contributed by atoms with Gasteiger partial charge in [-0.15, -0.1) is 11.3 Å². The fourth-order valence-corrected chi connectivity index (χ4v) is 6.20. The van der Waals surface area contributed by atoms with Crippen molar-refractivity contribution >= 4 is 23.2 Å². The van der Waals surface area contributed by atoms with Crippen LogP contribution in [-0.2, 0) is 11.2 Å². The van der Waals surface area contributed by atoms with Gasteiger partial charge in [-0.25, -0.2) is 0 Å². The van der Waals surface area contributed by atoms with Crippen molar-refractivity contribution in [2.45, 2.75) is 38.8 Å². The largest absolute Gasteiger partial charge is 0.459 e. The smallest absolute Gasteiger partial charge is 0.289 e. The molecule has 1 aromatic carbocycles. The molecule has 0 N–H and O–H groups in total. The molecule has 34 heavy (non-hydrogen) atoms. The van der Waals surface area contributed by atoms with Gasteiger partial charge in [0, 0.05) is 50.1 Å². The number of piperazine rings is 1. The van der Waals surface area contributed by atoms with Crippen LogP contribution >= 0.6 is 11.3 Å². The molecule has 1 saturated heterocycles. The lowest BCUT2D eigenvalue weighted by molar-refractivity contribution is -0.134. The van der Waals surface area contributed by atoms with Crippen LogP contribution in [0.5, 0.6) is 0 Å². The average molecular weight is 478 g/mol. The van der Waals surface area contributed by atoms with E-state index in [1.54, 1.807) is 17.0 Å². The number of thiophene rings is 1. The summed E-state index contributed by atoms with van der Waals surface area (Å²) in [6.45, 7) is 7.50. The fraction of sp³-hybridized carbons (Fsp3) is 0.407. The van der Waals surface area contributed by atoms with Crippen LogP contribution in [0, 0.1) is 6.92 Å². The molecule has 2 amide bonds. The number of nitrogens with zero attached hydrogens (tertiary/aromatic N) is 3. The second-order valence-corrected chi connectivity index (χ2v) is 10.3. The standard InChI is InChI=1S/C27H31N3O3S/c1-19-6-3-4-7-21(19)26-22-11-17-34-24(22)9-12-28(26)13-10-25(31)29-14-15-30(20(2)18-29)27(32)23-8-5-16-33-23/h3-8,11,16-17,20,26H,9-10,12-15,18H2,1-2H3/t20-,26-/m1/s1. The van der Waals surface area contributed by atoms with E-state index in [0.29, 0.717) is 31.8 Å². The minimum absolute atomic E-state index is 0.0432. The number of carbonyl (C=O) groups excluding carboxylic acids is 2. The molecule has 4 heterocycles. The third kappa shape index (κ3) is 4.42. The summed E-state index contributed by atoms with van der Waals surface area (Å²) in [5.41, 5.74) is 4.00. The summed E-state index contributed by atoms with van der Waals surface area (Å²) in [6, 6.07) is 14.4. The van der Waals surface area contributed by atoms with Gasteiger partial charge in [0.15, 0.2) is 5.76 Å². The molecule has 2 aliphatic rings. The van der Waals surface area contributed by atoms with Gasteiger partial charge >= 0.3 is 0 Å². The number of amides is 2. The molecule has 1 fully saturated rings. The molecule has 3 aromatic rings. The molecule has 7 heteroatoms. The first-order chi connectivity index (χ1) is 16.5. The predicted octanol–water partition coefficient (Wildman–Crippen LogP) is 4.36.